The van der Waals surface area contributed by atoms with Crippen molar-refractivity contribution in [2.75, 3.05) is 45.9 Å². The third kappa shape index (κ3) is 6.20. The molecule has 2 amide bonds. The molecule has 144 valence electrons. The van der Waals surface area contributed by atoms with Gasteiger partial charge in [-0.3, -0.25) is 0 Å². The number of hydrogen-bond donors (Lipinski definition) is 1. The van der Waals surface area contributed by atoms with E-state index in [9.17, 15) is 4.79 Å². The van der Waals surface area contributed by atoms with Crippen LogP contribution in [0.4, 0.5) is 4.79 Å². The Morgan fingerprint density at radius 3 is 2.38 bits per heavy atom. The van der Waals surface area contributed by atoms with Crippen LogP contribution in [0.25, 0.3) is 0 Å². The molecule has 0 bridgehead atoms. The molecule has 0 radical (unpaired) electrons. The summed E-state index contributed by atoms with van der Waals surface area (Å²) in [6, 6.07) is 9.77. The number of carbonyl (C=O) groups is 1. The molecular formula is C21H33N3O2. The number of carbonyl (C=O) groups excluding carboxylic acids is 1. The van der Waals surface area contributed by atoms with E-state index in [1.165, 1.54) is 45.3 Å². The molecule has 2 heterocycles. The number of urea groups is 1. The molecule has 0 aliphatic carbocycles. The molecule has 26 heavy (non-hydrogen) atoms. The van der Waals surface area contributed by atoms with Crippen molar-refractivity contribution >= 4 is 6.03 Å². The topological polar surface area (TPSA) is 44.8 Å². The van der Waals surface area contributed by atoms with Crippen LogP contribution >= 0.6 is 0 Å². The number of benzene rings is 1. The Balaban J connectivity index is 1.29. The van der Waals surface area contributed by atoms with Crippen molar-refractivity contribution in [3.8, 4) is 5.75 Å². The predicted octanol–water partition coefficient (Wildman–Crippen LogP) is 3.36. The zero-order valence-electron chi connectivity index (χ0n) is 15.9. The number of likely N-dealkylation sites (tertiary alicyclic amines) is 2. The molecule has 2 aliphatic heterocycles. The molecule has 0 saturated carbocycles. The van der Waals surface area contributed by atoms with E-state index in [4.69, 9.17) is 4.74 Å². The Hall–Kier alpha value is -1.75. The molecule has 2 fully saturated rings. The quantitative estimate of drug-likeness (QED) is 0.792. The zero-order valence-corrected chi connectivity index (χ0v) is 15.9. The molecule has 1 aromatic carbocycles. The summed E-state index contributed by atoms with van der Waals surface area (Å²) in [4.78, 5) is 16.9. The third-order valence-electron chi connectivity index (χ3n) is 5.51. The first-order valence-electron chi connectivity index (χ1n) is 10.2. The number of nitrogens with one attached hydrogen (secondary N) is 1. The first kappa shape index (κ1) is 19.0. The van der Waals surface area contributed by atoms with E-state index in [1.54, 1.807) is 0 Å². The van der Waals surface area contributed by atoms with Gasteiger partial charge in [-0.2, -0.15) is 0 Å². The van der Waals surface area contributed by atoms with E-state index in [1.807, 2.05) is 35.2 Å². The van der Waals surface area contributed by atoms with E-state index in [2.05, 4.69) is 10.2 Å². The van der Waals surface area contributed by atoms with Gasteiger partial charge in [0.25, 0.3) is 0 Å². The van der Waals surface area contributed by atoms with Crippen LogP contribution in [0.5, 0.6) is 5.75 Å². The second kappa shape index (κ2) is 10.4. The van der Waals surface area contributed by atoms with Crippen LogP contribution in [0.2, 0.25) is 0 Å². The van der Waals surface area contributed by atoms with Gasteiger partial charge in [-0.15, -0.1) is 0 Å². The summed E-state index contributed by atoms with van der Waals surface area (Å²) in [5.74, 6) is 1.59. The summed E-state index contributed by atoms with van der Waals surface area (Å²) < 4.78 is 5.62. The van der Waals surface area contributed by atoms with Crippen LogP contribution in [0.15, 0.2) is 30.3 Å². The fourth-order valence-corrected chi connectivity index (χ4v) is 3.96. The molecule has 0 atom stereocenters. The maximum absolute atomic E-state index is 12.3. The molecule has 1 N–H and O–H groups in total. The lowest BCUT2D eigenvalue weighted by atomic mass is 9.96. The van der Waals surface area contributed by atoms with Gasteiger partial charge >= 0.3 is 6.03 Å². The van der Waals surface area contributed by atoms with Gasteiger partial charge in [0.1, 0.15) is 12.4 Å². The van der Waals surface area contributed by atoms with Gasteiger partial charge in [-0.25, -0.2) is 4.79 Å². The molecule has 5 heteroatoms. The summed E-state index contributed by atoms with van der Waals surface area (Å²) in [5.41, 5.74) is 0. The second-order valence-corrected chi connectivity index (χ2v) is 7.54. The third-order valence-corrected chi connectivity index (χ3v) is 5.51. The second-order valence-electron chi connectivity index (χ2n) is 7.54. The summed E-state index contributed by atoms with van der Waals surface area (Å²) in [7, 11) is 0. The molecular weight excluding hydrogens is 326 g/mol. The van der Waals surface area contributed by atoms with Gasteiger partial charge in [0.15, 0.2) is 0 Å². The monoisotopic (exact) mass is 359 g/mol. The average molecular weight is 360 g/mol. The summed E-state index contributed by atoms with van der Waals surface area (Å²) in [5, 5.41) is 2.98. The maximum Gasteiger partial charge on any atom is 0.317 e. The van der Waals surface area contributed by atoms with Crippen LogP contribution in [0, 0.1) is 5.92 Å². The molecule has 2 aliphatic rings. The van der Waals surface area contributed by atoms with Crippen LogP contribution in [-0.2, 0) is 0 Å². The number of ether oxygens (including phenoxy) is 1. The van der Waals surface area contributed by atoms with Crippen LogP contribution in [0.3, 0.4) is 0 Å². The smallest absolute Gasteiger partial charge is 0.317 e. The van der Waals surface area contributed by atoms with E-state index < -0.39 is 0 Å². The van der Waals surface area contributed by atoms with E-state index in [0.717, 1.165) is 37.6 Å². The van der Waals surface area contributed by atoms with Gasteiger partial charge in [0.2, 0.25) is 0 Å². The number of rotatable bonds is 6. The number of para-hydroxylation sites is 1. The molecule has 2 saturated heterocycles. The van der Waals surface area contributed by atoms with Gasteiger partial charge in [-0.1, -0.05) is 31.0 Å². The SMILES string of the molecule is O=C(NCCOc1ccccc1)N1CCC(CN2CCCCCC2)CC1. The summed E-state index contributed by atoms with van der Waals surface area (Å²) >= 11 is 0. The van der Waals surface area contributed by atoms with E-state index >= 15 is 0 Å². The zero-order chi connectivity index (χ0) is 18.0. The van der Waals surface area contributed by atoms with E-state index in [0.29, 0.717) is 13.2 Å². The largest absolute Gasteiger partial charge is 0.492 e. The van der Waals surface area contributed by atoms with Crippen LogP contribution < -0.4 is 10.1 Å². The molecule has 5 nitrogen and oxygen atoms in total. The molecule has 0 aromatic heterocycles. The first-order valence-corrected chi connectivity index (χ1v) is 10.2. The fourth-order valence-electron chi connectivity index (χ4n) is 3.96. The minimum absolute atomic E-state index is 0.0508. The molecule has 1 aromatic rings. The van der Waals surface area contributed by atoms with Crippen molar-refractivity contribution in [2.45, 2.75) is 38.5 Å². The molecule has 0 unspecified atom stereocenters. The summed E-state index contributed by atoms with van der Waals surface area (Å²) in [6.07, 6.45) is 7.75. The van der Waals surface area contributed by atoms with Crippen LogP contribution in [-0.4, -0.2) is 61.7 Å². The van der Waals surface area contributed by atoms with Gasteiger partial charge in [0, 0.05) is 19.6 Å². The average Bonchev–Trinajstić information content (AvgIpc) is 2.95. The number of hydrogen-bond acceptors (Lipinski definition) is 3. The lowest BCUT2D eigenvalue weighted by molar-refractivity contribution is 0.147. The normalized spacial score (nSPS) is 19.8. The van der Waals surface area contributed by atoms with Crippen molar-refractivity contribution < 1.29 is 9.53 Å². The Kier molecular flexibility index (Phi) is 7.62. The fraction of sp³-hybridized carbons (Fsp3) is 0.667. The van der Waals surface area contributed by atoms with Crippen molar-refractivity contribution in [1.29, 1.82) is 0 Å². The van der Waals surface area contributed by atoms with Crippen molar-refractivity contribution in [3.63, 3.8) is 0 Å². The Labute approximate surface area is 157 Å². The Morgan fingerprint density at radius 1 is 1.00 bits per heavy atom. The van der Waals surface area contributed by atoms with Crippen molar-refractivity contribution in [2.24, 2.45) is 5.92 Å². The maximum atomic E-state index is 12.3. The highest BCUT2D eigenvalue weighted by Gasteiger charge is 2.24. The number of nitrogens with zero attached hydrogens (tertiary/aromatic N) is 2. The van der Waals surface area contributed by atoms with E-state index in [-0.39, 0.29) is 6.03 Å². The van der Waals surface area contributed by atoms with Gasteiger partial charge in [-0.05, 0) is 56.8 Å². The highest BCUT2D eigenvalue weighted by Crippen LogP contribution is 2.20. The van der Waals surface area contributed by atoms with Crippen molar-refractivity contribution in [1.82, 2.24) is 15.1 Å². The highest BCUT2D eigenvalue weighted by atomic mass is 16.5. The Bertz CT molecular complexity index is 521. The minimum Gasteiger partial charge on any atom is -0.492 e. The highest BCUT2D eigenvalue weighted by molar-refractivity contribution is 5.74. The first-order chi connectivity index (χ1) is 12.8. The lowest BCUT2D eigenvalue weighted by Crippen LogP contribution is -2.46. The lowest BCUT2D eigenvalue weighted by Gasteiger charge is -2.34. The van der Waals surface area contributed by atoms with Gasteiger partial charge in [0.05, 0.1) is 6.54 Å². The van der Waals surface area contributed by atoms with Gasteiger partial charge < -0.3 is 19.9 Å². The van der Waals surface area contributed by atoms with Crippen molar-refractivity contribution in [3.05, 3.63) is 30.3 Å². The molecule has 0 spiro atoms. The minimum atomic E-state index is 0.0508. The number of amides is 2. The predicted molar refractivity (Wildman–Crippen MR) is 105 cm³/mol. The van der Waals surface area contributed by atoms with Crippen LogP contribution in [0.1, 0.15) is 38.5 Å². The summed E-state index contributed by atoms with van der Waals surface area (Å²) in [6.45, 7) is 6.56. The number of piperidine rings is 1. The molecule has 3 rings (SSSR count). The Morgan fingerprint density at radius 2 is 1.69 bits per heavy atom. The standard InChI is InChI=1S/C21H33N3O2/c25-21(22-12-17-26-20-8-4-3-5-9-20)24-15-10-19(11-16-24)18-23-13-6-1-2-7-14-23/h3-5,8-9,19H,1-2,6-7,10-18H2,(H,22,25).